The van der Waals surface area contributed by atoms with Crippen LogP contribution in [0.5, 0.6) is 0 Å². The van der Waals surface area contributed by atoms with E-state index in [4.69, 9.17) is 5.73 Å². The maximum atomic E-state index is 5.24. The number of hydrogen-bond donors (Lipinski definition) is 2. The van der Waals surface area contributed by atoms with Crippen LogP contribution in [0, 0.1) is 0 Å². The molecule has 0 atom stereocenters. The summed E-state index contributed by atoms with van der Waals surface area (Å²) in [7, 11) is 0. The topological polar surface area (TPSA) is 50.4 Å². The average molecular weight is 219 g/mol. The van der Waals surface area contributed by atoms with Gasteiger partial charge < -0.3 is 5.73 Å². The van der Waals surface area contributed by atoms with Crippen LogP contribution < -0.4 is 11.2 Å². The Balaban J connectivity index is 2.58. The van der Waals surface area contributed by atoms with Crippen LogP contribution >= 0.6 is 12.2 Å². The summed E-state index contributed by atoms with van der Waals surface area (Å²) < 4.78 is 0. The summed E-state index contributed by atoms with van der Waals surface area (Å²) in [6.45, 7) is 1.87. The van der Waals surface area contributed by atoms with E-state index < -0.39 is 0 Å². The molecule has 0 aliphatic rings. The van der Waals surface area contributed by atoms with Crippen LogP contribution in [0.4, 0.5) is 0 Å². The molecule has 0 fully saturated rings. The van der Waals surface area contributed by atoms with Crippen LogP contribution in [0.2, 0.25) is 0 Å². The Hall–Kier alpha value is -1.68. The van der Waals surface area contributed by atoms with Gasteiger partial charge in [-0.1, -0.05) is 36.4 Å². The summed E-state index contributed by atoms with van der Waals surface area (Å²) in [5.41, 5.74) is 9.70. The lowest BCUT2D eigenvalue weighted by Crippen LogP contribution is -2.24. The Kier molecular flexibility index (Phi) is 4.50. The van der Waals surface area contributed by atoms with Crippen molar-refractivity contribution in [3.8, 4) is 0 Å². The maximum absolute atomic E-state index is 5.24. The average Bonchev–Trinajstić information content (AvgIpc) is 2.25. The second-order valence-corrected chi connectivity index (χ2v) is 3.41. The number of nitrogens with one attached hydrogen (secondary N) is 1. The van der Waals surface area contributed by atoms with Crippen LogP contribution in [0.15, 0.2) is 41.5 Å². The van der Waals surface area contributed by atoms with Crippen LogP contribution in [0.25, 0.3) is 6.08 Å². The number of nitrogens with zero attached hydrogens (tertiary/aromatic N) is 1. The molecule has 0 radical (unpaired) electrons. The third kappa shape index (κ3) is 4.93. The SMILES string of the molecule is CC(C=Cc1ccccc1)=NNC(N)=S. The van der Waals surface area contributed by atoms with Gasteiger partial charge in [0.15, 0.2) is 5.11 Å². The normalized spacial score (nSPS) is 11.7. The van der Waals surface area contributed by atoms with Crippen LogP contribution in [-0.4, -0.2) is 10.8 Å². The van der Waals surface area contributed by atoms with Gasteiger partial charge in [0.1, 0.15) is 0 Å². The Morgan fingerprint density at radius 1 is 1.40 bits per heavy atom. The van der Waals surface area contributed by atoms with Gasteiger partial charge in [-0.2, -0.15) is 5.10 Å². The highest BCUT2D eigenvalue weighted by Crippen LogP contribution is 2.00. The molecule has 0 aromatic heterocycles. The molecule has 0 bridgehead atoms. The number of hydrazone groups is 1. The summed E-state index contributed by atoms with van der Waals surface area (Å²) in [5.74, 6) is 0. The Morgan fingerprint density at radius 2 is 2.07 bits per heavy atom. The molecular weight excluding hydrogens is 206 g/mol. The van der Waals surface area contributed by atoms with Crippen LogP contribution in [0.1, 0.15) is 12.5 Å². The fraction of sp³-hybridized carbons (Fsp3) is 0.0909. The molecule has 0 unspecified atom stereocenters. The number of rotatable bonds is 3. The fourth-order valence-electron chi connectivity index (χ4n) is 0.962. The Morgan fingerprint density at radius 3 is 2.67 bits per heavy atom. The third-order valence-electron chi connectivity index (χ3n) is 1.66. The summed E-state index contributed by atoms with van der Waals surface area (Å²) >= 11 is 4.63. The van der Waals surface area contributed by atoms with Crippen molar-refractivity contribution in [3.63, 3.8) is 0 Å². The molecule has 0 spiro atoms. The van der Waals surface area contributed by atoms with Gasteiger partial charge in [0, 0.05) is 0 Å². The molecule has 0 amide bonds. The van der Waals surface area contributed by atoms with E-state index in [-0.39, 0.29) is 5.11 Å². The smallest absolute Gasteiger partial charge is 0.184 e. The van der Waals surface area contributed by atoms with E-state index in [0.29, 0.717) is 0 Å². The van der Waals surface area contributed by atoms with E-state index in [1.807, 2.05) is 49.4 Å². The van der Waals surface area contributed by atoms with Crippen molar-refractivity contribution in [2.45, 2.75) is 6.92 Å². The zero-order chi connectivity index (χ0) is 11.1. The summed E-state index contributed by atoms with van der Waals surface area (Å²) in [6.07, 6.45) is 3.86. The minimum absolute atomic E-state index is 0.169. The van der Waals surface area contributed by atoms with Crippen molar-refractivity contribution >= 4 is 29.1 Å². The molecule has 0 saturated heterocycles. The summed E-state index contributed by atoms with van der Waals surface area (Å²) in [5, 5.41) is 4.12. The van der Waals surface area contributed by atoms with Gasteiger partial charge in [0.2, 0.25) is 0 Å². The Bertz CT molecular complexity index is 382. The molecule has 0 heterocycles. The molecule has 3 nitrogen and oxygen atoms in total. The van der Waals surface area contributed by atoms with Gasteiger partial charge in [0.05, 0.1) is 5.71 Å². The van der Waals surface area contributed by atoms with E-state index in [1.54, 1.807) is 0 Å². The van der Waals surface area contributed by atoms with E-state index in [9.17, 15) is 0 Å². The van der Waals surface area contributed by atoms with Crippen molar-refractivity contribution in [1.29, 1.82) is 0 Å². The zero-order valence-corrected chi connectivity index (χ0v) is 9.29. The van der Waals surface area contributed by atoms with Gasteiger partial charge in [-0.15, -0.1) is 0 Å². The number of allylic oxidation sites excluding steroid dienone is 1. The van der Waals surface area contributed by atoms with Gasteiger partial charge in [-0.05, 0) is 30.8 Å². The number of nitrogens with two attached hydrogens (primary N) is 1. The van der Waals surface area contributed by atoms with Crippen LogP contribution in [0.3, 0.4) is 0 Å². The monoisotopic (exact) mass is 219 g/mol. The molecule has 3 N–H and O–H groups in total. The van der Waals surface area contributed by atoms with Gasteiger partial charge in [-0.25, -0.2) is 0 Å². The first kappa shape index (κ1) is 11.4. The van der Waals surface area contributed by atoms with Gasteiger partial charge >= 0.3 is 0 Å². The predicted octanol–water partition coefficient (Wildman–Crippen LogP) is 1.91. The van der Waals surface area contributed by atoms with Gasteiger partial charge in [0.25, 0.3) is 0 Å². The van der Waals surface area contributed by atoms with E-state index in [1.165, 1.54) is 0 Å². The van der Waals surface area contributed by atoms with E-state index >= 15 is 0 Å². The lowest BCUT2D eigenvalue weighted by atomic mass is 10.2. The number of benzene rings is 1. The molecule has 4 heteroatoms. The number of thiocarbonyl (C=S) groups is 1. The molecule has 1 aromatic carbocycles. The van der Waals surface area contributed by atoms with Crippen molar-refractivity contribution < 1.29 is 0 Å². The third-order valence-corrected chi connectivity index (χ3v) is 1.75. The van der Waals surface area contributed by atoms with Gasteiger partial charge in [-0.3, -0.25) is 5.43 Å². The van der Waals surface area contributed by atoms with Crippen molar-refractivity contribution in [2.75, 3.05) is 0 Å². The zero-order valence-electron chi connectivity index (χ0n) is 8.47. The van der Waals surface area contributed by atoms with Crippen molar-refractivity contribution in [3.05, 3.63) is 42.0 Å². The quantitative estimate of drug-likeness (QED) is 0.464. The lowest BCUT2D eigenvalue weighted by molar-refractivity contribution is 1.03. The molecule has 0 aliphatic heterocycles. The highest BCUT2D eigenvalue weighted by atomic mass is 32.1. The first-order valence-electron chi connectivity index (χ1n) is 4.51. The minimum atomic E-state index is 0.169. The molecule has 0 aliphatic carbocycles. The fourth-order valence-corrected chi connectivity index (χ4v) is 1.01. The maximum Gasteiger partial charge on any atom is 0.184 e. The van der Waals surface area contributed by atoms with Crippen LogP contribution in [-0.2, 0) is 0 Å². The molecule has 15 heavy (non-hydrogen) atoms. The molecule has 1 rings (SSSR count). The lowest BCUT2D eigenvalue weighted by Gasteiger charge is -1.96. The highest BCUT2D eigenvalue weighted by Gasteiger charge is 1.86. The first-order chi connectivity index (χ1) is 7.18. The minimum Gasteiger partial charge on any atom is -0.375 e. The summed E-state index contributed by atoms with van der Waals surface area (Å²) in [6, 6.07) is 9.99. The molecular formula is C11H13N3S. The predicted molar refractivity (Wildman–Crippen MR) is 68.5 cm³/mol. The Labute approximate surface area is 94.7 Å². The summed E-state index contributed by atoms with van der Waals surface area (Å²) in [4.78, 5) is 0. The van der Waals surface area contributed by atoms with Crippen molar-refractivity contribution in [1.82, 2.24) is 5.43 Å². The van der Waals surface area contributed by atoms with E-state index in [2.05, 4.69) is 22.7 Å². The number of hydrogen-bond acceptors (Lipinski definition) is 2. The second-order valence-electron chi connectivity index (χ2n) is 2.97. The largest absolute Gasteiger partial charge is 0.375 e. The highest BCUT2D eigenvalue weighted by molar-refractivity contribution is 7.80. The molecule has 78 valence electrons. The second kappa shape index (κ2) is 5.93. The standard InChI is InChI=1S/C11H13N3S/c1-9(13-14-11(12)15)7-8-10-5-3-2-4-6-10/h2-8H,1H3,(H3,12,14,15). The van der Waals surface area contributed by atoms with E-state index in [0.717, 1.165) is 11.3 Å². The van der Waals surface area contributed by atoms with Crippen molar-refractivity contribution in [2.24, 2.45) is 10.8 Å². The molecule has 1 aromatic rings. The first-order valence-corrected chi connectivity index (χ1v) is 4.92. The molecule has 0 saturated carbocycles.